The zero-order valence-electron chi connectivity index (χ0n) is 27.7. The van der Waals surface area contributed by atoms with Crippen molar-refractivity contribution in [2.75, 3.05) is 47.5 Å². The second kappa shape index (κ2) is 13.4. The number of phosphoric ester groups is 1. The number of likely N-dealkylation sites (N-methyl/N-ethyl adjacent to an activating group) is 1. The third-order valence-electron chi connectivity index (χ3n) is 12.0. The van der Waals surface area contributed by atoms with Gasteiger partial charge in [0.25, 0.3) is 0 Å². The summed E-state index contributed by atoms with van der Waals surface area (Å²) in [5.74, 6) is 5.13. The van der Waals surface area contributed by atoms with Crippen LogP contribution in [-0.4, -0.2) is 63.0 Å². The topological polar surface area (TPSA) is 65.0 Å². The highest BCUT2D eigenvalue weighted by molar-refractivity contribution is 7.47. The summed E-state index contributed by atoms with van der Waals surface area (Å²) in [6.07, 6.45) is 17.1. The lowest BCUT2D eigenvalue weighted by molar-refractivity contribution is -0.870. The molecule has 4 unspecified atom stereocenters. The summed E-state index contributed by atoms with van der Waals surface area (Å²) >= 11 is 0. The number of rotatable bonds is 14. The van der Waals surface area contributed by atoms with Crippen molar-refractivity contribution in [3.8, 4) is 0 Å². The molecule has 3 fully saturated rings. The van der Waals surface area contributed by atoms with Crippen molar-refractivity contribution in [2.24, 2.45) is 46.3 Å². The first kappa shape index (κ1) is 33.7. The molecule has 0 heterocycles. The molecular weight excluding hydrogens is 533 g/mol. The van der Waals surface area contributed by atoms with Crippen LogP contribution in [0.1, 0.15) is 105 Å². The highest BCUT2D eigenvalue weighted by atomic mass is 31.2. The molecule has 0 bridgehead atoms. The molecule has 6 nitrogen and oxygen atoms in total. The number of allylic oxidation sites excluding steroid dienone is 1. The van der Waals surface area contributed by atoms with E-state index in [4.69, 9.17) is 13.8 Å². The minimum Gasteiger partial charge on any atom is -0.375 e. The second-order valence-corrected chi connectivity index (χ2v) is 17.6. The maximum absolute atomic E-state index is 12.2. The largest absolute Gasteiger partial charge is 0.472 e. The van der Waals surface area contributed by atoms with E-state index in [1.807, 2.05) is 21.1 Å². The first-order chi connectivity index (χ1) is 19.1. The molecule has 0 aromatic carbocycles. The number of nitrogens with zero attached hydrogens (tertiary/aromatic N) is 1. The minimum absolute atomic E-state index is 0.0764. The van der Waals surface area contributed by atoms with E-state index in [1.54, 1.807) is 5.57 Å². The number of hydrogen-bond donors (Lipinski definition) is 1. The van der Waals surface area contributed by atoms with Crippen molar-refractivity contribution >= 4 is 7.82 Å². The Morgan fingerprint density at radius 2 is 1.71 bits per heavy atom. The second-order valence-electron chi connectivity index (χ2n) is 16.2. The predicted molar refractivity (Wildman–Crippen MR) is 167 cm³/mol. The number of hydrogen-bond acceptors (Lipinski definition) is 4. The standard InChI is InChI=1S/C34H62NO5P/c1-25(2)10-9-11-26(3)30-14-15-31-29-13-12-27-24-28(16-18-33(27,4)32(29)17-19-34(30,31)5)38-22-23-40-41(36,37)39-21-20-35(6,7)8/h12,25-26,28-32H,9-11,13-24H2,1-8H3/p+1/t26-,28+,29?,30-,31?,32?,33+,34-/m1/s1. The summed E-state index contributed by atoms with van der Waals surface area (Å²) in [7, 11) is 2.02. The van der Waals surface area contributed by atoms with Crippen molar-refractivity contribution in [3.05, 3.63) is 11.6 Å². The molecule has 0 radical (unpaired) electrons. The smallest absolute Gasteiger partial charge is 0.375 e. The normalized spacial score (nSPS) is 37.6. The lowest BCUT2D eigenvalue weighted by atomic mass is 9.47. The van der Waals surface area contributed by atoms with Gasteiger partial charge in [-0.15, -0.1) is 0 Å². The lowest BCUT2D eigenvalue weighted by Gasteiger charge is -2.58. The summed E-state index contributed by atoms with van der Waals surface area (Å²) in [5, 5.41) is 0. The molecule has 238 valence electrons. The zero-order valence-corrected chi connectivity index (χ0v) is 28.6. The molecule has 0 aromatic heterocycles. The Labute approximate surface area is 252 Å². The van der Waals surface area contributed by atoms with E-state index < -0.39 is 7.82 Å². The van der Waals surface area contributed by atoms with Crippen molar-refractivity contribution in [1.29, 1.82) is 0 Å². The van der Waals surface area contributed by atoms with Crippen LogP contribution in [0.3, 0.4) is 0 Å². The van der Waals surface area contributed by atoms with Crippen LogP contribution in [0.25, 0.3) is 0 Å². The van der Waals surface area contributed by atoms with E-state index >= 15 is 0 Å². The summed E-state index contributed by atoms with van der Waals surface area (Å²) < 4.78 is 29.3. The average molecular weight is 597 g/mol. The van der Waals surface area contributed by atoms with Crippen molar-refractivity contribution < 1.29 is 27.7 Å². The Morgan fingerprint density at radius 3 is 2.41 bits per heavy atom. The summed E-state index contributed by atoms with van der Waals surface area (Å²) in [6.45, 7) is 13.8. The van der Waals surface area contributed by atoms with Gasteiger partial charge in [0.15, 0.2) is 0 Å². The highest BCUT2D eigenvalue weighted by Gasteiger charge is 2.59. The van der Waals surface area contributed by atoms with Crippen molar-refractivity contribution in [1.82, 2.24) is 0 Å². The molecule has 4 aliphatic carbocycles. The van der Waals surface area contributed by atoms with Crippen LogP contribution in [0.4, 0.5) is 0 Å². The molecule has 4 rings (SSSR count). The molecular formula is C34H63NO5P+. The van der Waals surface area contributed by atoms with E-state index in [2.05, 4.69) is 40.7 Å². The molecule has 0 amide bonds. The zero-order chi connectivity index (χ0) is 30.1. The fraction of sp³-hybridized carbons (Fsp3) is 0.941. The Kier molecular flexibility index (Phi) is 11.0. The van der Waals surface area contributed by atoms with Crippen molar-refractivity contribution in [3.63, 3.8) is 0 Å². The van der Waals surface area contributed by atoms with E-state index in [1.165, 1.54) is 57.8 Å². The molecule has 9 atom stereocenters. The van der Waals surface area contributed by atoms with E-state index in [0.29, 0.717) is 28.5 Å². The maximum atomic E-state index is 12.2. The third-order valence-corrected chi connectivity index (χ3v) is 13.0. The predicted octanol–water partition coefficient (Wildman–Crippen LogP) is 8.25. The summed E-state index contributed by atoms with van der Waals surface area (Å²) in [6, 6.07) is 0. The van der Waals surface area contributed by atoms with Crippen LogP contribution >= 0.6 is 7.82 Å². The molecule has 41 heavy (non-hydrogen) atoms. The molecule has 0 spiro atoms. The highest BCUT2D eigenvalue weighted by Crippen LogP contribution is 2.67. The Balaban J connectivity index is 1.27. The van der Waals surface area contributed by atoms with Crippen LogP contribution in [0, 0.1) is 46.3 Å². The van der Waals surface area contributed by atoms with E-state index in [9.17, 15) is 9.46 Å². The van der Waals surface area contributed by atoms with Crippen LogP contribution < -0.4 is 0 Å². The van der Waals surface area contributed by atoms with Gasteiger partial charge in [0, 0.05) is 0 Å². The fourth-order valence-corrected chi connectivity index (χ4v) is 10.3. The number of fused-ring (bicyclic) bond motifs is 5. The van der Waals surface area contributed by atoms with Gasteiger partial charge in [-0.3, -0.25) is 9.05 Å². The van der Waals surface area contributed by atoms with Gasteiger partial charge in [-0.25, -0.2) is 4.57 Å². The fourth-order valence-electron chi connectivity index (χ4n) is 9.63. The van der Waals surface area contributed by atoms with Gasteiger partial charge in [-0.1, -0.05) is 65.5 Å². The van der Waals surface area contributed by atoms with Crippen LogP contribution in [0.15, 0.2) is 11.6 Å². The lowest BCUT2D eigenvalue weighted by Crippen LogP contribution is -2.51. The van der Waals surface area contributed by atoms with Gasteiger partial charge in [-0.05, 0) is 97.7 Å². The van der Waals surface area contributed by atoms with E-state index in [0.717, 1.165) is 48.3 Å². The first-order valence-electron chi connectivity index (χ1n) is 16.9. The molecule has 0 saturated heterocycles. The number of quaternary nitrogens is 1. The molecule has 0 aliphatic heterocycles. The van der Waals surface area contributed by atoms with Gasteiger partial charge in [0.2, 0.25) is 0 Å². The van der Waals surface area contributed by atoms with Crippen molar-refractivity contribution in [2.45, 2.75) is 111 Å². The summed E-state index contributed by atoms with van der Waals surface area (Å²) in [4.78, 5) is 9.97. The Morgan fingerprint density at radius 1 is 0.976 bits per heavy atom. The Bertz CT molecular complexity index is 946. The van der Waals surface area contributed by atoms with E-state index in [-0.39, 0.29) is 19.3 Å². The molecule has 0 aromatic rings. The molecule has 7 heteroatoms. The molecule has 3 saturated carbocycles. The molecule has 1 N–H and O–H groups in total. The number of phosphoric acid groups is 1. The third kappa shape index (κ3) is 8.08. The molecule has 4 aliphatic rings. The summed E-state index contributed by atoms with van der Waals surface area (Å²) in [5.41, 5.74) is 2.46. The van der Waals surface area contributed by atoms with Gasteiger partial charge in [0.1, 0.15) is 13.2 Å². The van der Waals surface area contributed by atoms with Gasteiger partial charge >= 0.3 is 7.82 Å². The SMILES string of the molecule is CC(C)CCC[C@@H](C)[C@H]1CCC2C3CC=C4C[C@@H](OCCOP(=O)(O)OCC[N+](C)(C)C)CC[C@]4(C)C3CC[C@@]21C. The quantitative estimate of drug-likeness (QED) is 0.0947. The van der Waals surface area contributed by atoms with Gasteiger partial charge in [0.05, 0.1) is 40.5 Å². The monoisotopic (exact) mass is 596 g/mol. The minimum atomic E-state index is -4.04. The maximum Gasteiger partial charge on any atom is 0.472 e. The van der Waals surface area contributed by atoms with Crippen LogP contribution in [0.2, 0.25) is 0 Å². The van der Waals surface area contributed by atoms with Gasteiger partial charge < -0.3 is 14.1 Å². The Hall–Kier alpha value is -0.230. The average Bonchev–Trinajstić information content (AvgIpc) is 3.23. The number of ether oxygens (including phenoxy) is 1. The van der Waals surface area contributed by atoms with Crippen LogP contribution in [-0.2, 0) is 18.3 Å². The first-order valence-corrected chi connectivity index (χ1v) is 18.4. The van der Waals surface area contributed by atoms with Crippen LogP contribution in [0.5, 0.6) is 0 Å². The van der Waals surface area contributed by atoms with Gasteiger partial charge in [-0.2, -0.15) is 0 Å².